The topological polar surface area (TPSA) is 91.3 Å². The van der Waals surface area contributed by atoms with E-state index in [0.717, 1.165) is 32.9 Å². The van der Waals surface area contributed by atoms with Gasteiger partial charge in [0.15, 0.2) is 11.6 Å². The van der Waals surface area contributed by atoms with Gasteiger partial charge in [0.05, 0.1) is 10.5 Å². The van der Waals surface area contributed by atoms with Gasteiger partial charge in [-0.05, 0) is 108 Å². The van der Waals surface area contributed by atoms with Crippen LogP contribution in [0.25, 0.3) is 11.1 Å². The van der Waals surface area contributed by atoms with Crippen LogP contribution in [0.2, 0.25) is 0 Å². The molecule has 0 radical (unpaired) electrons. The van der Waals surface area contributed by atoms with Crippen molar-refractivity contribution < 1.29 is 52.1 Å². The zero-order chi connectivity index (χ0) is 38.9. The van der Waals surface area contributed by atoms with Crippen molar-refractivity contribution in [3.05, 3.63) is 137 Å². The molecule has 5 nitrogen and oxygen atoms in total. The van der Waals surface area contributed by atoms with E-state index in [-0.39, 0.29) is 57.2 Å². The molecule has 0 spiro atoms. The van der Waals surface area contributed by atoms with Crippen LogP contribution in [0, 0.1) is 5.92 Å². The van der Waals surface area contributed by atoms with Crippen molar-refractivity contribution in [3.8, 4) is 11.1 Å². The van der Waals surface area contributed by atoms with Crippen LogP contribution in [0.15, 0.2) is 128 Å². The molecule has 2 aliphatic carbocycles. The Kier molecular flexibility index (Phi) is 13.6. The second-order valence-corrected chi connectivity index (χ2v) is 19.5. The molecule has 0 amide bonds. The Bertz CT molecular complexity index is 2320. The van der Waals surface area contributed by atoms with Gasteiger partial charge >= 0.3 is 29.6 Å². The fraction of sp³-hybridized carbons (Fsp3) is 0.319. The summed E-state index contributed by atoms with van der Waals surface area (Å²) in [6, 6.07) is 32.6. The Hall–Kier alpha value is -2.95. The number of unbranched alkanes of at least 4 members (excludes halogenated alkanes) is 2. The first-order valence-corrected chi connectivity index (χ1v) is 22.4. The van der Waals surface area contributed by atoms with E-state index in [4.69, 9.17) is 0 Å². The van der Waals surface area contributed by atoms with Crippen molar-refractivity contribution in [2.75, 3.05) is 0 Å². The van der Waals surface area contributed by atoms with Gasteiger partial charge in [0.2, 0.25) is 0 Å². The summed E-state index contributed by atoms with van der Waals surface area (Å²) in [4.78, 5) is 30.6. The maximum absolute atomic E-state index is 14.5. The Balaban J connectivity index is 0.00000532. The van der Waals surface area contributed by atoms with E-state index in [0.29, 0.717) is 15.7 Å². The van der Waals surface area contributed by atoms with Gasteiger partial charge in [0.25, 0.3) is 0 Å². The summed E-state index contributed by atoms with van der Waals surface area (Å²) in [5.74, 6) is 0.384. The Morgan fingerprint density at radius 3 is 1.80 bits per heavy atom. The van der Waals surface area contributed by atoms with Gasteiger partial charge in [-0.2, -0.15) is 0 Å². The zero-order valence-corrected chi connectivity index (χ0v) is 37.3. The van der Waals surface area contributed by atoms with Gasteiger partial charge < -0.3 is 4.55 Å². The van der Waals surface area contributed by atoms with Crippen LogP contribution in [0.3, 0.4) is 0 Å². The summed E-state index contributed by atoms with van der Waals surface area (Å²) in [6.07, 6.45) is 10.5. The molecular formula is C47H47NaO5S3. The van der Waals surface area contributed by atoms with Gasteiger partial charge in [-0.1, -0.05) is 138 Å². The molecule has 0 heterocycles. The molecule has 5 aromatic rings. The number of carbonyl (C=O) groups excluding carboxylic acids is 2. The minimum absolute atomic E-state index is 0. The Labute approximate surface area is 362 Å². The van der Waals surface area contributed by atoms with E-state index in [1.807, 2.05) is 36.4 Å². The first kappa shape index (κ1) is 42.7. The molecule has 9 heteroatoms. The smallest absolute Gasteiger partial charge is 0.744 e. The van der Waals surface area contributed by atoms with Crippen LogP contribution in [-0.4, -0.2) is 24.5 Å². The number of hydrogen-bond donors (Lipinski definition) is 0. The maximum Gasteiger partial charge on any atom is 1.00 e. The summed E-state index contributed by atoms with van der Waals surface area (Å²) in [5, 5.41) is 0. The van der Waals surface area contributed by atoms with Crippen molar-refractivity contribution in [1.29, 1.82) is 0 Å². The molecular weight excluding hydrogens is 764 g/mol. The number of carbonyl (C=O) groups is 2. The van der Waals surface area contributed by atoms with Crippen molar-refractivity contribution >= 4 is 45.2 Å². The molecule has 0 saturated heterocycles. The molecule has 0 unspecified atom stereocenters. The second kappa shape index (κ2) is 17.9. The molecule has 56 heavy (non-hydrogen) atoms. The first-order chi connectivity index (χ1) is 26.3. The molecule has 0 aliphatic heterocycles. The largest absolute Gasteiger partial charge is 1.00 e. The van der Waals surface area contributed by atoms with Crippen molar-refractivity contribution in [2.24, 2.45) is 5.92 Å². The van der Waals surface area contributed by atoms with Crippen LogP contribution in [0.5, 0.6) is 0 Å². The molecule has 0 aromatic heterocycles. The fourth-order valence-corrected chi connectivity index (χ4v) is 10.6. The van der Waals surface area contributed by atoms with Gasteiger partial charge in [-0.25, -0.2) is 8.42 Å². The Morgan fingerprint density at radius 2 is 1.23 bits per heavy atom. The number of ketones is 2. The van der Waals surface area contributed by atoms with Gasteiger partial charge in [-0.3, -0.25) is 9.59 Å². The molecule has 0 bridgehead atoms. The van der Waals surface area contributed by atoms with Crippen molar-refractivity contribution in [2.45, 2.75) is 115 Å². The summed E-state index contributed by atoms with van der Waals surface area (Å²) in [5.41, 5.74) is 4.64. The van der Waals surface area contributed by atoms with E-state index in [1.54, 1.807) is 12.1 Å². The van der Waals surface area contributed by atoms with Gasteiger partial charge in [0.1, 0.15) is 10.1 Å². The minimum atomic E-state index is -5.06. The summed E-state index contributed by atoms with van der Waals surface area (Å²) >= 11 is 2.64. The molecule has 0 N–H and O–H groups in total. The SMILES string of the molecule is CCCCCC1CCC(c2ccc(-c3ccc(Sc4ccc(S(=O)(=O)[O-])c5c4C(=O)c4c(Sc6ccc(C(C)(C)C)cc6)cccc4C5=O)cc3)cc2)CC1.[Na+]. The van der Waals surface area contributed by atoms with Crippen LogP contribution in [0.1, 0.15) is 128 Å². The van der Waals surface area contributed by atoms with Crippen molar-refractivity contribution in [1.82, 2.24) is 0 Å². The zero-order valence-electron chi connectivity index (χ0n) is 32.9. The third-order valence-corrected chi connectivity index (χ3v) is 14.2. The fourth-order valence-electron chi connectivity index (χ4n) is 8.02. The van der Waals surface area contributed by atoms with Crippen LogP contribution in [0.4, 0.5) is 0 Å². The van der Waals surface area contributed by atoms with Gasteiger partial charge in [0, 0.05) is 36.3 Å². The van der Waals surface area contributed by atoms with Crippen LogP contribution < -0.4 is 29.6 Å². The second-order valence-electron chi connectivity index (χ2n) is 15.9. The van der Waals surface area contributed by atoms with Crippen LogP contribution >= 0.6 is 23.5 Å². The van der Waals surface area contributed by atoms with E-state index in [2.05, 4.69) is 64.1 Å². The number of rotatable bonds is 11. The standard InChI is InChI=1S/C47H48O5S3.Na/c1-5-6-7-9-30-12-14-31(15-13-30)32-16-18-33(19-17-32)34-20-24-36(25-21-34)54-40-28-29-41(55(50,51)52)44-43(40)46(49)42-38(45(44)48)10-8-11-39(42)53-37-26-22-35(23-27-37)47(2,3)4;/h8,10-11,16-31H,5-7,9,12-15H2,1-4H3,(H,50,51,52);/q;+1/p-1. The maximum atomic E-state index is 14.5. The first-order valence-electron chi connectivity index (χ1n) is 19.3. The number of benzene rings is 5. The predicted octanol–water partition coefficient (Wildman–Crippen LogP) is 9.49. The summed E-state index contributed by atoms with van der Waals surface area (Å²) in [6.45, 7) is 8.70. The molecule has 7 rings (SSSR count). The van der Waals surface area contributed by atoms with E-state index in [1.165, 1.54) is 98.1 Å². The quantitative estimate of drug-likeness (QED) is 0.0732. The average molecular weight is 811 g/mol. The summed E-state index contributed by atoms with van der Waals surface area (Å²) in [7, 11) is -5.06. The molecule has 1 saturated carbocycles. The monoisotopic (exact) mass is 810 g/mol. The van der Waals surface area contributed by atoms with E-state index < -0.39 is 26.6 Å². The van der Waals surface area contributed by atoms with E-state index >= 15 is 0 Å². The minimum Gasteiger partial charge on any atom is -0.744 e. The number of fused-ring (bicyclic) bond motifs is 2. The van der Waals surface area contributed by atoms with E-state index in [9.17, 15) is 22.6 Å². The third kappa shape index (κ3) is 9.33. The molecule has 2 aliphatic rings. The average Bonchev–Trinajstić information content (AvgIpc) is 3.17. The Morgan fingerprint density at radius 1 is 0.661 bits per heavy atom. The predicted molar refractivity (Wildman–Crippen MR) is 222 cm³/mol. The molecule has 5 aromatic carbocycles. The molecule has 1 fully saturated rings. The third-order valence-electron chi connectivity index (χ3n) is 11.2. The number of hydrogen-bond acceptors (Lipinski definition) is 7. The molecule has 284 valence electrons. The molecule has 0 atom stereocenters. The normalized spacial score (nSPS) is 16.9. The van der Waals surface area contributed by atoms with Gasteiger partial charge in [-0.15, -0.1) is 0 Å². The summed E-state index contributed by atoms with van der Waals surface area (Å²) < 4.78 is 37.4. The van der Waals surface area contributed by atoms with Crippen molar-refractivity contribution in [3.63, 3.8) is 0 Å². The van der Waals surface area contributed by atoms with Crippen LogP contribution in [-0.2, 0) is 15.5 Å².